The van der Waals surface area contributed by atoms with Crippen molar-refractivity contribution in [1.29, 1.82) is 0 Å². The molecule has 0 amide bonds. The second-order valence-electron chi connectivity index (χ2n) is 8.83. The fourth-order valence-corrected chi connectivity index (χ4v) is 4.70. The van der Waals surface area contributed by atoms with Crippen LogP contribution in [0.3, 0.4) is 0 Å². The highest BCUT2D eigenvalue weighted by Gasteiger charge is 2.13. The third-order valence-corrected chi connectivity index (χ3v) is 6.53. The molecule has 0 aliphatic rings. The first-order valence-electron chi connectivity index (χ1n) is 12.0. The Morgan fingerprint density at radius 2 is 1.56 bits per heavy atom. The molecule has 0 spiro atoms. The Hall–Kier alpha value is -3.12. The molecule has 32 heavy (non-hydrogen) atoms. The Balaban J connectivity index is 1.58. The molecule has 0 fully saturated rings. The lowest BCUT2D eigenvalue weighted by Crippen LogP contribution is -2.03. The molecule has 1 unspecified atom stereocenters. The van der Waals surface area contributed by atoms with Crippen molar-refractivity contribution in [3.8, 4) is 11.1 Å². The van der Waals surface area contributed by atoms with Gasteiger partial charge < -0.3 is 0 Å². The molecule has 4 rings (SSSR count). The molecule has 0 N–H and O–H groups in total. The molecule has 0 aliphatic heterocycles. The zero-order chi connectivity index (χ0) is 22.2. The van der Waals surface area contributed by atoms with Crippen LogP contribution in [0, 0.1) is 0 Å². The Bertz CT molecular complexity index is 1150. The van der Waals surface area contributed by atoms with Gasteiger partial charge in [0.2, 0.25) is 0 Å². The second-order valence-corrected chi connectivity index (χ2v) is 8.83. The van der Waals surface area contributed by atoms with Gasteiger partial charge in [-0.1, -0.05) is 117 Å². The summed E-state index contributed by atoms with van der Waals surface area (Å²) in [5.74, 6) is 0.557. The minimum Gasteiger partial charge on any atom is -0.103 e. The number of hydrogen-bond acceptors (Lipinski definition) is 0. The molecule has 4 aromatic carbocycles. The third kappa shape index (κ3) is 5.37. The fourth-order valence-electron chi connectivity index (χ4n) is 4.70. The van der Waals surface area contributed by atoms with E-state index in [2.05, 4.69) is 104 Å². The van der Waals surface area contributed by atoms with Crippen molar-refractivity contribution in [1.82, 2.24) is 0 Å². The number of benzene rings is 4. The highest BCUT2D eigenvalue weighted by atomic mass is 14.2. The molecule has 0 heterocycles. The van der Waals surface area contributed by atoms with Crippen LogP contribution in [0.1, 0.15) is 55.2 Å². The second kappa shape index (κ2) is 11.0. The molecular formula is C32H34. The summed E-state index contributed by atoms with van der Waals surface area (Å²) >= 11 is 0. The number of rotatable bonds is 10. The van der Waals surface area contributed by atoms with Crippen molar-refractivity contribution in [2.75, 3.05) is 0 Å². The topological polar surface area (TPSA) is 0 Å². The van der Waals surface area contributed by atoms with Crippen LogP contribution in [0.4, 0.5) is 0 Å². The van der Waals surface area contributed by atoms with Crippen molar-refractivity contribution in [3.63, 3.8) is 0 Å². The van der Waals surface area contributed by atoms with Gasteiger partial charge in [0.05, 0.1) is 0 Å². The predicted molar refractivity (Wildman–Crippen MR) is 140 cm³/mol. The molecule has 0 heteroatoms. The number of aryl methyl sites for hydroxylation is 1. The lowest BCUT2D eigenvalue weighted by Gasteiger charge is -2.19. The van der Waals surface area contributed by atoms with E-state index >= 15 is 0 Å². The highest BCUT2D eigenvalue weighted by Crippen LogP contribution is 2.31. The standard InChI is InChI=1S/C32H34/c1-3-5-11-28-14-9-10-16-32(28)29-21-19-27(20-22-29)30(12-6-4-2)23-25-17-18-26-13-7-8-15-31(26)24-25/h3,7-10,13-22,24,30H,1,4-6,11-12,23H2,2H3. The Labute approximate surface area is 193 Å². The molecule has 0 saturated carbocycles. The summed E-state index contributed by atoms with van der Waals surface area (Å²) in [6.07, 6.45) is 8.90. The quantitative estimate of drug-likeness (QED) is 0.225. The zero-order valence-electron chi connectivity index (χ0n) is 19.3. The van der Waals surface area contributed by atoms with E-state index in [-0.39, 0.29) is 0 Å². The lowest BCUT2D eigenvalue weighted by atomic mass is 9.86. The summed E-state index contributed by atoms with van der Waals surface area (Å²) in [5, 5.41) is 2.66. The van der Waals surface area contributed by atoms with E-state index in [0.29, 0.717) is 5.92 Å². The fraction of sp³-hybridized carbons (Fsp3) is 0.250. The van der Waals surface area contributed by atoms with Gasteiger partial charge >= 0.3 is 0 Å². The predicted octanol–water partition coefficient (Wildman–Crippen LogP) is 9.14. The van der Waals surface area contributed by atoms with E-state index in [0.717, 1.165) is 19.3 Å². The Morgan fingerprint density at radius 1 is 0.812 bits per heavy atom. The first-order valence-corrected chi connectivity index (χ1v) is 12.0. The molecule has 0 bridgehead atoms. The van der Waals surface area contributed by atoms with Crippen LogP contribution in [-0.2, 0) is 12.8 Å². The first kappa shape index (κ1) is 22.1. The normalized spacial score (nSPS) is 12.0. The van der Waals surface area contributed by atoms with Crippen LogP contribution in [0.2, 0.25) is 0 Å². The highest BCUT2D eigenvalue weighted by molar-refractivity contribution is 5.83. The SMILES string of the molecule is C=CCCc1ccccc1-c1ccc(C(CCCC)Cc2ccc3ccccc3c2)cc1. The van der Waals surface area contributed by atoms with Crippen molar-refractivity contribution in [2.45, 2.75) is 51.4 Å². The lowest BCUT2D eigenvalue weighted by molar-refractivity contribution is 0.582. The molecule has 0 aromatic heterocycles. The van der Waals surface area contributed by atoms with Gasteiger partial charge in [-0.15, -0.1) is 6.58 Å². The smallest absolute Gasteiger partial charge is 0.0121 e. The summed E-state index contributed by atoms with van der Waals surface area (Å²) in [6.45, 7) is 6.17. The average Bonchev–Trinajstić information content (AvgIpc) is 2.85. The van der Waals surface area contributed by atoms with Gasteiger partial charge in [0.15, 0.2) is 0 Å². The molecule has 0 saturated heterocycles. The van der Waals surface area contributed by atoms with E-state index in [9.17, 15) is 0 Å². The molecule has 4 aromatic rings. The van der Waals surface area contributed by atoms with Gasteiger partial charge in [0, 0.05) is 0 Å². The maximum Gasteiger partial charge on any atom is -0.0121 e. The maximum atomic E-state index is 3.88. The monoisotopic (exact) mass is 418 g/mol. The van der Waals surface area contributed by atoms with Gasteiger partial charge in [-0.25, -0.2) is 0 Å². The van der Waals surface area contributed by atoms with E-state index in [4.69, 9.17) is 0 Å². The minimum atomic E-state index is 0.557. The van der Waals surface area contributed by atoms with Crippen LogP contribution in [0.15, 0.2) is 104 Å². The first-order chi connectivity index (χ1) is 15.8. The van der Waals surface area contributed by atoms with Crippen LogP contribution >= 0.6 is 0 Å². The molecule has 0 nitrogen and oxygen atoms in total. The van der Waals surface area contributed by atoms with Gasteiger partial charge in [0.1, 0.15) is 0 Å². The van der Waals surface area contributed by atoms with Gasteiger partial charge in [-0.05, 0) is 70.2 Å². The van der Waals surface area contributed by atoms with Crippen LogP contribution in [0.25, 0.3) is 21.9 Å². The van der Waals surface area contributed by atoms with E-state index in [1.807, 2.05) is 6.08 Å². The molecule has 162 valence electrons. The van der Waals surface area contributed by atoms with E-state index < -0.39 is 0 Å². The van der Waals surface area contributed by atoms with Crippen molar-refractivity contribution in [3.05, 3.63) is 120 Å². The van der Waals surface area contributed by atoms with Gasteiger partial charge in [0.25, 0.3) is 0 Å². The molecule has 0 radical (unpaired) electrons. The summed E-state index contributed by atoms with van der Waals surface area (Å²) in [6, 6.07) is 33.8. The number of allylic oxidation sites excluding steroid dienone is 1. The Kier molecular flexibility index (Phi) is 7.56. The van der Waals surface area contributed by atoms with E-state index in [1.165, 1.54) is 57.9 Å². The van der Waals surface area contributed by atoms with Gasteiger partial charge in [-0.2, -0.15) is 0 Å². The van der Waals surface area contributed by atoms with Crippen molar-refractivity contribution in [2.24, 2.45) is 0 Å². The average molecular weight is 419 g/mol. The summed E-state index contributed by atoms with van der Waals surface area (Å²) in [4.78, 5) is 0. The van der Waals surface area contributed by atoms with E-state index in [1.54, 1.807) is 0 Å². The van der Waals surface area contributed by atoms with Crippen molar-refractivity contribution >= 4 is 10.8 Å². The zero-order valence-corrected chi connectivity index (χ0v) is 19.3. The van der Waals surface area contributed by atoms with Crippen molar-refractivity contribution < 1.29 is 0 Å². The maximum absolute atomic E-state index is 3.88. The van der Waals surface area contributed by atoms with Crippen LogP contribution in [0.5, 0.6) is 0 Å². The van der Waals surface area contributed by atoms with Gasteiger partial charge in [-0.3, -0.25) is 0 Å². The third-order valence-electron chi connectivity index (χ3n) is 6.53. The molecule has 0 aliphatic carbocycles. The summed E-state index contributed by atoms with van der Waals surface area (Å²) in [7, 11) is 0. The summed E-state index contributed by atoms with van der Waals surface area (Å²) < 4.78 is 0. The Morgan fingerprint density at radius 3 is 2.34 bits per heavy atom. The van der Waals surface area contributed by atoms with Crippen LogP contribution < -0.4 is 0 Å². The number of fused-ring (bicyclic) bond motifs is 1. The summed E-state index contributed by atoms with van der Waals surface area (Å²) in [5.41, 5.74) is 6.95. The minimum absolute atomic E-state index is 0.557. The largest absolute Gasteiger partial charge is 0.103 e. The molecule has 1 atom stereocenters. The van der Waals surface area contributed by atoms with Crippen LogP contribution in [-0.4, -0.2) is 0 Å². The number of hydrogen-bond donors (Lipinski definition) is 0. The number of unbranched alkanes of at least 4 members (excludes halogenated alkanes) is 1. The molecular weight excluding hydrogens is 384 g/mol.